The Balaban J connectivity index is 2.15. The standard InChI is InChI=1S/C21H23NO5/c1-21(2,3)27-20(26)22-16-11-9-15(10-12-16)19(25)17(13-18(23)24)14-7-5-4-6-8-14/h4-12,17H,13H2,1-3H3,(H,22,26)(H,23,24). The Morgan fingerprint density at radius 2 is 1.59 bits per heavy atom. The third-order valence-electron chi connectivity index (χ3n) is 3.71. The Morgan fingerprint density at radius 1 is 1.00 bits per heavy atom. The highest BCUT2D eigenvalue weighted by molar-refractivity contribution is 6.03. The van der Waals surface area contributed by atoms with Crippen molar-refractivity contribution < 1.29 is 24.2 Å². The zero-order chi connectivity index (χ0) is 20.0. The van der Waals surface area contributed by atoms with Gasteiger partial charge in [-0.3, -0.25) is 14.9 Å². The van der Waals surface area contributed by atoms with E-state index in [1.54, 1.807) is 69.3 Å². The summed E-state index contributed by atoms with van der Waals surface area (Å²) in [5.41, 5.74) is 0.899. The summed E-state index contributed by atoms with van der Waals surface area (Å²) >= 11 is 0. The maximum atomic E-state index is 12.8. The maximum absolute atomic E-state index is 12.8. The summed E-state index contributed by atoms with van der Waals surface area (Å²) in [5, 5.41) is 11.8. The van der Waals surface area contributed by atoms with Gasteiger partial charge in [0.05, 0.1) is 12.3 Å². The van der Waals surface area contributed by atoms with Crippen LogP contribution in [0.25, 0.3) is 0 Å². The van der Waals surface area contributed by atoms with E-state index in [0.717, 1.165) is 0 Å². The van der Waals surface area contributed by atoms with Crippen LogP contribution in [0.15, 0.2) is 54.6 Å². The van der Waals surface area contributed by atoms with Crippen LogP contribution in [-0.4, -0.2) is 28.6 Å². The van der Waals surface area contributed by atoms with Crippen molar-refractivity contribution in [2.75, 3.05) is 5.32 Å². The summed E-state index contributed by atoms with van der Waals surface area (Å²) in [4.78, 5) is 35.8. The number of carboxylic acid groups (broad SMARTS) is 1. The number of aliphatic carboxylic acids is 1. The van der Waals surface area contributed by atoms with Crippen LogP contribution >= 0.6 is 0 Å². The SMILES string of the molecule is CC(C)(C)OC(=O)Nc1ccc(C(=O)C(CC(=O)O)c2ccccc2)cc1. The summed E-state index contributed by atoms with van der Waals surface area (Å²) < 4.78 is 5.18. The van der Waals surface area contributed by atoms with Crippen molar-refractivity contribution in [3.8, 4) is 0 Å². The summed E-state index contributed by atoms with van der Waals surface area (Å²) in [6, 6.07) is 15.1. The van der Waals surface area contributed by atoms with E-state index in [4.69, 9.17) is 9.84 Å². The minimum atomic E-state index is -1.04. The van der Waals surface area contributed by atoms with Gasteiger partial charge in [-0.25, -0.2) is 4.79 Å². The first kappa shape index (κ1) is 20.2. The van der Waals surface area contributed by atoms with E-state index in [-0.39, 0.29) is 12.2 Å². The quantitative estimate of drug-likeness (QED) is 0.733. The third-order valence-corrected chi connectivity index (χ3v) is 3.71. The van der Waals surface area contributed by atoms with Gasteiger partial charge in [-0.05, 0) is 50.6 Å². The zero-order valence-corrected chi connectivity index (χ0v) is 15.6. The molecule has 142 valence electrons. The Morgan fingerprint density at radius 3 is 2.11 bits per heavy atom. The van der Waals surface area contributed by atoms with Crippen LogP contribution in [0, 0.1) is 0 Å². The van der Waals surface area contributed by atoms with E-state index in [0.29, 0.717) is 16.8 Å². The average Bonchev–Trinajstić information content (AvgIpc) is 2.58. The minimum Gasteiger partial charge on any atom is -0.481 e. The maximum Gasteiger partial charge on any atom is 0.412 e. The fraction of sp³-hybridized carbons (Fsp3) is 0.286. The number of carboxylic acids is 1. The van der Waals surface area contributed by atoms with Gasteiger partial charge in [-0.2, -0.15) is 0 Å². The molecule has 0 spiro atoms. The Labute approximate surface area is 158 Å². The highest BCUT2D eigenvalue weighted by atomic mass is 16.6. The fourth-order valence-electron chi connectivity index (χ4n) is 2.56. The molecule has 27 heavy (non-hydrogen) atoms. The molecular formula is C21H23NO5. The highest BCUT2D eigenvalue weighted by Gasteiger charge is 2.25. The molecule has 1 amide bonds. The zero-order valence-electron chi connectivity index (χ0n) is 15.6. The van der Waals surface area contributed by atoms with Gasteiger partial charge in [-0.15, -0.1) is 0 Å². The fourth-order valence-corrected chi connectivity index (χ4v) is 2.56. The molecule has 2 rings (SSSR count). The number of ether oxygens (including phenoxy) is 1. The van der Waals surface area contributed by atoms with Crippen LogP contribution in [0.3, 0.4) is 0 Å². The van der Waals surface area contributed by atoms with Crippen molar-refractivity contribution >= 4 is 23.5 Å². The Kier molecular flexibility index (Phi) is 6.34. The molecule has 0 saturated carbocycles. The number of Topliss-reactive ketones (excluding diaryl/α,β-unsaturated/α-hetero) is 1. The summed E-state index contributed by atoms with van der Waals surface area (Å²) in [5.74, 6) is -2.10. The largest absolute Gasteiger partial charge is 0.481 e. The number of carbonyl (C=O) groups is 3. The topological polar surface area (TPSA) is 92.7 Å². The van der Waals surface area contributed by atoms with Gasteiger partial charge >= 0.3 is 12.1 Å². The molecule has 1 atom stereocenters. The van der Waals surface area contributed by atoms with Crippen LogP contribution in [-0.2, 0) is 9.53 Å². The van der Waals surface area contributed by atoms with Crippen molar-refractivity contribution in [3.63, 3.8) is 0 Å². The molecule has 0 aliphatic heterocycles. The number of nitrogens with one attached hydrogen (secondary N) is 1. The lowest BCUT2D eigenvalue weighted by molar-refractivity contribution is -0.137. The number of hydrogen-bond acceptors (Lipinski definition) is 4. The normalized spacial score (nSPS) is 12.1. The van der Waals surface area contributed by atoms with E-state index < -0.39 is 23.6 Å². The van der Waals surface area contributed by atoms with Crippen LogP contribution < -0.4 is 5.32 Å². The number of carbonyl (C=O) groups excluding carboxylic acids is 2. The number of hydrogen-bond donors (Lipinski definition) is 2. The average molecular weight is 369 g/mol. The van der Waals surface area contributed by atoms with Crippen LogP contribution in [0.4, 0.5) is 10.5 Å². The predicted molar refractivity (Wildman–Crippen MR) is 102 cm³/mol. The molecule has 0 aliphatic carbocycles. The number of anilines is 1. The van der Waals surface area contributed by atoms with Gasteiger partial charge in [0.1, 0.15) is 5.60 Å². The number of ketones is 1. The molecule has 2 aromatic rings. The number of rotatable bonds is 6. The Bertz CT molecular complexity index is 807. The molecule has 0 aliphatic rings. The van der Waals surface area contributed by atoms with E-state index >= 15 is 0 Å². The van der Waals surface area contributed by atoms with Gasteiger partial charge in [0.25, 0.3) is 0 Å². The van der Waals surface area contributed by atoms with Gasteiger partial charge in [0, 0.05) is 11.3 Å². The lowest BCUT2D eigenvalue weighted by Gasteiger charge is -2.19. The van der Waals surface area contributed by atoms with E-state index in [1.165, 1.54) is 0 Å². The molecule has 2 N–H and O–H groups in total. The highest BCUT2D eigenvalue weighted by Crippen LogP contribution is 2.25. The summed E-state index contributed by atoms with van der Waals surface area (Å²) in [6.45, 7) is 5.29. The van der Waals surface area contributed by atoms with Gasteiger partial charge in [0.15, 0.2) is 5.78 Å². The first-order valence-electron chi connectivity index (χ1n) is 8.57. The molecule has 0 heterocycles. The third kappa shape index (κ3) is 6.26. The summed E-state index contributed by atoms with van der Waals surface area (Å²) in [6.07, 6.45) is -0.879. The molecule has 0 radical (unpaired) electrons. The van der Waals surface area contributed by atoms with Crippen molar-refractivity contribution in [3.05, 3.63) is 65.7 Å². The molecular weight excluding hydrogens is 346 g/mol. The molecule has 0 fully saturated rings. The van der Waals surface area contributed by atoms with Crippen LogP contribution in [0.5, 0.6) is 0 Å². The molecule has 6 nitrogen and oxygen atoms in total. The molecule has 1 unspecified atom stereocenters. The summed E-state index contributed by atoms with van der Waals surface area (Å²) in [7, 11) is 0. The minimum absolute atomic E-state index is 0.285. The van der Waals surface area contributed by atoms with Crippen molar-refractivity contribution in [2.45, 2.75) is 38.7 Å². The number of benzene rings is 2. The second kappa shape index (κ2) is 8.49. The van der Waals surface area contributed by atoms with Gasteiger partial charge in [0.2, 0.25) is 0 Å². The molecule has 0 aromatic heterocycles. The lowest BCUT2D eigenvalue weighted by Crippen LogP contribution is -2.27. The van der Waals surface area contributed by atoms with E-state index in [1.807, 2.05) is 6.07 Å². The van der Waals surface area contributed by atoms with Crippen LogP contribution in [0.2, 0.25) is 0 Å². The van der Waals surface area contributed by atoms with Crippen LogP contribution in [0.1, 0.15) is 49.0 Å². The number of amides is 1. The molecule has 0 bridgehead atoms. The van der Waals surface area contributed by atoms with Crippen molar-refractivity contribution in [1.29, 1.82) is 0 Å². The van der Waals surface area contributed by atoms with Crippen molar-refractivity contribution in [2.24, 2.45) is 0 Å². The second-order valence-corrected chi connectivity index (χ2v) is 7.13. The molecule has 6 heteroatoms. The smallest absolute Gasteiger partial charge is 0.412 e. The molecule has 2 aromatic carbocycles. The van der Waals surface area contributed by atoms with Gasteiger partial charge in [-0.1, -0.05) is 30.3 Å². The van der Waals surface area contributed by atoms with Gasteiger partial charge < -0.3 is 9.84 Å². The predicted octanol–water partition coefficient (Wildman–Crippen LogP) is 4.47. The molecule has 0 saturated heterocycles. The first-order valence-corrected chi connectivity index (χ1v) is 8.57. The van der Waals surface area contributed by atoms with E-state index in [9.17, 15) is 14.4 Å². The first-order chi connectivity index (χ1) is 12.7. The monoisotopic (exact) mass is 369 g/mol. The van der Waals surface area contributed by atoms with E-state index in [2.05, 4.69) is 5.32 Å². The second-order valence-electron chi connectivity index (χ2n) is 7.13. The lowest BCUT2D eigenvalue weighted by atomic mass is 9.88. The van der Waals surface area contributed by atoms with Crippen molar-refractivity contribution in [1.82, 2.24) is 0 Å². The Hall–Kier alpha value is -3.15.